The number of aryl methyl sites for hydroxylation is 3. The zero-order valence-electron chi connectivity index (χ0n) is 17.9. The van der Waals surface area contributed by atoms with Crippen molar-refractivity contribution in [1.29, 1.82) is 0 Å². The Bertz CT molecular complexity index is 968. The van der Waals surface area contributed by atoms with E-state index in [4.69, 9.17) is 4.74 Å². The Morgan fingerprint density at radius 2 is 1.84 bits per heavy atom. The van der Waals surface area contributed by atoms with Crippen molar-refractivity contribution in [3.05, 3.63) is 76.0 Å². The molecule has 162 valence electrons. The van der Waals surface area contributed by atoms with Crippen molar-refractivity contribution >= 4 is 17.4 Å². The standard InChI is InChI=1S/C24H28N4O2S/c1-19-3-2-4-21(26-19)8-5-20-6-9-22(10-7-20)30-24(29)28-16-14-27(15-17-28)13-11-23-25-12-18-31-23/h2-4,6-7,9-10,12,18H,5,8,11,13-17H2,1H3. The third-order valence-electron chi connectivity index (χ3n) is 5.50. The number of thiazole rings is 1. The molecular weight excluding hydrogens is 408 g/mol. The smallest absolute Gasteiger partial charge is 0.410 e. The van der Waals surface area contributed by atoms with Crippen molar-refractivity contribution in [2.45, 2.75) is 26.2 Å². The number of pyridine rings is 1. The highest BCUT2D eigenvalue weighted by Crippen LogP contribution is 2.16. The van der Waals surface area contributed by atoms with Crippen molar-refractivity contribution in [3.8, 4) is 5.75 Å². The summed E-state index contributed by atoms with van der Waals surface area (Å²) in [5, 5.41) is 3.18. The van der Waals surface area contributed by atoms with E-state index in [0.29, 0.717) is 18.8 Å². The molecule has 1 aliphatic heterocycles. The summed E-state index contributed by atoms with van der Waals surface area (Å²) >= 11 is 1.70. The van der Waals surface area contributed by atoms with E-state index in [9.17, 15) is 4.79 Å². The summed E-state index contributed by atoms with van der Waals surface area (Å²) < 4.78 is 5.59. The molecule has 1 aromatic carbocycles. The van der Waals surface area contributed by atoms with Crippen molar-refractivity contribution in [3.63, 3.8) is 0 Å². The number of hydrogen-bond donors (Lipinski definition) is 0. The number of benzene rings is 1. The van der Waals surface area contributed by atoms with Gasteiger partial charge in [0.05, 0.1) is 5.01 Å². The third kappa shape index (κ3) is 6.35. The maximum Gasteiger partial charge on any atom is 0.415 e. The summed E-state index contributed by atoms with van der Waals surface area (Å²) in [6.45, 7) is 6.11. The Labute approximate surface area is 187 Å². The van der Waals surface area contributed by atoms with Gasteiger partial charge in [-0.25, -0.2) is 9.78 Å². The predicted octanol–water partition coefficient (Wildman–Crippen LogP) is 3.99. The highest BCUT2D eigenvalue weighted by Gasteiger charge is 2.22. The van der Waals surface area contributed by atoms with E-state index in [2.05, 4.69) is 20.9 Å². The average Bonchev–Trinajstić information content (AvgIpc) is 3.31. The number of rotatable bonds is 7. The van der Waals surface area contributed by atoms with E-state index in [0.717, 1.165) is 50.3 Å². The van der Waals surface area contributed by atoms with Crippen LogP contribution in [-0.4, -0.2) is 58.6 Å². The topological polar surface area (TPSA) is 58.6 Å². The fraction of sp³-hybridized carbons (Fsp3) is 0.375. The van der Waals surface area contributed by atoms with Gasteiger partial charge in [-0.2, -0.15) is 0 Å². The van der Waals surface area contributed by atoms with Crippen molar-refractivity contribution in [1.82, 2.24) is 19.8 Å². The van der Waals surface area contributed by atoms with E-state index in [-0.39, 0.29) is 6.09 Å². The lowest BCUT2D eigenvalue weighted by Crippen LogP contribution is -2.49. The quantitative estimate of drug-likeness (QED) is 0.561. The molecule has 0 spiro atoms. The summed E-state index contributed by atoms with van der Waals surface area (Å²) in [4.78, 5) is 25.6. The van der Waals surface area contributed by atoms with Gasteiger partial charge in [-0.15, -0.1) is 11.3 Å². The van der Waals surface area contributed by atoms with Gasteiger partial charge in [-0.05, 0) is 49.6 Å². The minimum Gasteiger partial charge on any atom is -0.410 e. The van der Waals surface area contributed by atoms with Gasteiger partial charge in [0.15, 0.2) is 0 Å². The zero-order chi connectivity index (χ0) is 21.5. The molecule has 3 aromatic rings. The summed E-state index contributed by atoms with van der Waals surface area (Å²) in [6, 6.07) is 13.9. The first-order valence-corrected chi connectivity index (χ1v) is 11.6. The van der Waals surface area contributed by atoms with Crippen LogP contribution in [-0.2, 0) is 19.3 Å². The molecule has 31 heavy (non-hydrogen) atoms. The van der Waals surface area contributed by atoms with Gasteiger partial charge in [-0.1, -0.05) is 18.2 Å². The van der Waals surface area contributed by atoms with Crippen molar-refractivity contribution < 1.29 is 9.53 Å². The predicted molar refractivity (Wildman–Crippen MR) is 123 cm³/mol. The van der Waals surface area contributed by atoms with Crippen LogP contribution >= 0.6 is 11.3 Å². The second kappa shape index (κ2) is 10.5. The second-order valence-electron chi connectivity index (χ2n) is 7.79. The van der Waals surface area contributed by atoms with Crippen LogP contribution in [0.2, 0.25) is 0 Å². The lowest BCUT2D eigenvalue weighted by Gasteiger charge is -2.33. The second-order valence-corrected chi connectivity index (χ2v) is 8.77. The summed E-state index contributed by atoms with van der Waals surface area (Å²) in [7, 11) is 0. The number of nitrogens with zero attached hydrogens (tertiary/aromatic N) is 4. The molecule has 0 saturated carbocycles. The van der Waals surface area contributed by atoms with Gasteiger partial charge in [0, 0.05) is 62.1 Å². The Kier molecular flexibility index (Phi) is 7.27. The van der Waals surface area contributed by atoms with Gasteiger partial charge < -0.3 is 9.64 Å². The lowest BCUT2D eigenvalue weighted by atomic mass is 10.1. The van der Waals surface area contributed by atoms with Crippen LogP contribution in [0.1, 0.15) is 22.0 Å². The van der Waals surface area contributed by atoms with E-state index < -0.39 is 0 Å². The zero-order valence-corrected chi connectivity index (χ0v) is 18.7. The molecule has 1 aliphatic rings. The molecule has 1 amide bonds. The molecule has 0 aliphatic carbocycles. The number of hydrogen-bond acceptors (Lipinski definition) is 6. The number of piperazine rings is 1. The summed E-state index contributed by atoms with van der Waals surface area (Å²) in [5.41, 5.74) is 3.35. The molecule has 6 nitrogen and oxygen atoms in total. The lowest BCUT2D eigenvalue weighted by molar-refractivity contribution is 0.111. The number of carbonyl (C=O) groups excluding carboxylic acids is 1. The normalized spacial score (nSPS) is 14.5. The van der Waals surface area contributed by atoms with Gasteiger partial charge in [0.2, 0.25) is 0 Å². The highest BCUT2D eigenvalue weighted by atomic mass is 32.1. The Hall–Kier alpha value is -2.77. The summed E-state index contributed by atoms with van der Waals surface area (Å²) in [5.74, 6) is 0.591. The fourth-order valence-electron chi connectivity index (χ4n) is 3.68. The van der Waals surface area contributed by atoms with E-state index in [1.54, 1.807) is 16.2 Å². The molecule has 0 radical (unpaired) electrons. The number of carbonyl (C=O) groups is 1. The molecule has 0 atom stereocenters. The number of amides is 1. The molecule has 0 unspecified atom stereocenters. The van der Waals surface area contributed by atoms with Gasteiger partial charge >= 0.3 is 6.09 Å². The van der Waals surface area contributed by atoms with Crippen LogP contribution in [0.3, 0.4) is 0 Å². The molecule has 7 heteroatoms. The fourth-order valence-corrected chi connectivity index (χ4v) is 4.29. The van der Waals surface area contributed by atoms with Crippen LogP contribution < -0.4 is 4.74 Å². The molecule has 4 rings (SSSR count). The molecule has 0 N–H and O–H groups in total. The van der Waals surface area contributed by atoms with E-state index in [1.165, 1.54) is 10.6 Å². The maximum absolute atomic E-state index is 12.5. The van der Waals surface area contributed by atoms with Crippen LogP contribution in [0.15, 0.2) is 54.0 Å². The Balaban J connectivity index is 1.20. The highest BCUT2D eigenvalue weighted by molar-refractivity contribution is 7.09. The first-order chi connectivity index (χ1) is 15.2. The van der Waals surface area contributed by atoms with Crippen molar-refractivity contribution in [2.75, 3.05) is 32.7 Å². The number of ether oxygens (including phenoxy) is 1. The van der Waals surface area contributed by atoms with Crippen LogP contribution in [0.5, 0.6) is 5.75 Å². The van der Waals surface area contributed by atoms with E-state index in [1.807, 2.05) is 54.9 Å². The SMILES string of the molecule is Cc1cccc(CCc2ccc(OC(=O)N3CCN(CCc4nccs4)CC3)cc2)n1. The largest absolute Gasteiger partial charge is 0.415 e. The van der Waals surface area contributed by atoms with Crippen LogP contribution in [0.25, 0.3) is 0 Å². The molecular formula is C24H28N4O2S. The number of aromatic nitrogens is 2. The van der Waals surface area contributed by atoms with Gasteiger partial charge in [-0.3, -0.25) is 9.88 Å². The van der Waals surface area contributed by atoms with Crippen LogP contribution in [0, 0.1) is 6.92 Å². The monoisotopic (exact) mass is 436 g/mol. The molecule has 1 fully saturated rings. The van der Waals surface area contributed by atoms with E-state index >= 15 is 0 Å². The maximum atomic E-state index is 12.5. The Morgan fingerprint density at radius 3 is 2.55 bits per heavy atom. The van der Waals surface area contributed by atoms with Gasteiger partial charge in [0.1, 0.15) is 5.75 Å². The molecule has 1 saturated heterocycles. The van der Waals surface area contributed by atoms with Gasteiger partial charge in [0.25, 0.3) is 0 Å². The molecule has 0 bridgehead atoms. The molecule has 2 aromatic heterocycles. The third-order valence-corrected chi connectivity index (χ3v) is 6.34. The minimum absolute atomic E-state index is 0.267. The van der Waals surface area contributed by atoms with Crippen LogP contribution in [0.4, 0.5) is 4.79 Å². The average molecular weight is 437 g/mol. The summed E-state index contributed by atoms with van der Waals surface area (Å²) in [6.07, 6.45) is 4.36. The minimum atomic E-state index is -0.267. The Morgan fingerprint density at radius 1 is 1.03 bits per heavy atom. The first-order valence-electron chi connectivity index (χ1n) is 10.7. The van der Waals surface area contributed by atoms with Crippen molar-refractivity contribution in [2.24, 2.45) is 0 Å². The first kappa shape index (κ1) is 21.5. The molecule has 3 heterocycles.